The fourth-order valence-electron chi connectivity index (χ4n) is 7.16. The van der Waals surface area contributed by atoms with Crippen LogP contribution in [0.25, 0.3) is 50.3 Å². The van der Waals surface area contributed by atoms with Crippen molar-refractivity contribution in [3.05, 3.63) is 89.1 Å². The van der Waals surface area contributed by atoms with Crippen LogP contribution in [0.2, 0.25) is 0 Å². The maximum Gasteiger partial charge on any atom is 0.410 e. The van der Waals surface area contributed by atoms with Crippen LogP contribution < -0.4 is 9.47 Å². The van der Waals surface area contributed by atoms with Crippen molar-refractivity contribution in [2.24, 2.45) is 0 Å². The third-order valence-corrected chi connectivity index (χ3v) is 9.81. The summed E-state index contributed by atoms with van der Waals surface area (Å²) in [5.74, 6) is 1.31. The first kappa shape index (κ1) is 37.4. The lowest BCUT2D eigenvalue weighted by Gasteiger charge is -2.38. The maximum absolute atomic E-state index is 13.6. The van der Waals surface area contributed by atoms with Crippen LogP contribution in [0.1, 0.15) is 49.4 Å². The first-order chi connectivity index (χ1) is 26.4. The van der Waals surface area contributed by atoms with E-state index in [9.17, 15) is 20.3 Å². The number of amides is 1. The molecular formula is C42H43N5O8. The molecule has 6 aromatic rings. The number of oxazole rings is 1. The number of benzene rings is 4. The highest BCUT2D eigenvalue weighted by Gasteiger charge is 2.36. The lowest BCUT2D eigenvalue weighted by atomic mass is 9.94. The molecule has 55 heavy (non-hydrogen) atoms. The average molecular weight is 746 g/mol. The SMILES string of the molecule is COc1cc(-n2ncc3c(-c4cccc(-c5nc6cc(CO)cc(C#N)c6o5)c4C)cccc32)cc(OC)c1CN(C(=O)OC(C)(C)C)[C@@H]1CCOC[C@@H]1O. The van der Waals surface area contributed by atoms with Gasteiger partial charge in [0.2, 0.25) is 5.89 Å². The monoisotopic (exact) mass is 745 g/mol. The zero-order valence-electron chi connectivity index (χ0n) is 31.6. The van der Waals surface area contributed by atoms with E-state index in [1.54, 1.807) is 47.1 Å². The Kier molecular flexibility index (Phi) is 10.2. The summed E-state index contributed by atoms with van der Waals surface area (Å²) in [6, 6.07) is 20.5. The molecule has 2 aromatic heterocycles. The Labute approximate surface area is 318 Å². The molecule has 0 aliphatic carbocycles. The minimum Gasteiger partial charge on any atom is -0.496 e. The molecule has 0 unspecified atom stereocenters. The first-order valence-electron chi connectivity index (χ1n) is 18.0. The van der Waals surface area contributed by atoms with Crippen molar-refractivity contribution < 1.29 is 38.4 Å². The quantitative estimate of drug-likeness (QED) is 0.155. The van der Waals surface area contributed by atoms with Crippen LogP contribution in [0.5, 0.6) is 11.5 Å². The number of methoxy groups -OCH3 is 2. The van der Waals surface area contributed by atoms with Crippen molar-refractivity contribution in [2.75, 3.05) is 27.4 Å². The van der Waals surface area contributed by atoms with Gasteiger partial charge in [0.05, 0.1) is 74.7 Å². The molecule has 4 aromatic carbocycles. The van der Waals surface area contributed by atoms with E-state index in [1.165, 1.54) is 4.90 Å². The van der Waals surface area contributed by atoms with Gasteiger partial charge in [0, 0.05) is 29.7 Å². The van der Waals surface area contributed by atoms with Gasteiger partial charge in [-0.2, -0.15) is 10.4 Å². The minimum atomic E-state index is -0.891. The summed E-state index contributed by atoms with van der Waals surface area (Å²) in [6.07, 6.45) is 0.804. The van der Waals surface area contributed by atoms with E-state index in [4.69, 9.17) is 33.4 Å². The Balaban J connectivity index is 1.27. The zero-order valence-corrected chi connectivity index (χ0v) is 31.6. The molecule has 0 saturated carbocycles. The van der Waals surface area contributed by atoms with Crippen LogP contribution in [0.3, 0.4) is 0 Å². The van der Waals surface area contributed by atoms with Crippen LogP contribution in [0.4, 0.5) is 4.79 Å². The lowest BCUT2D eigenvalue weighted by molar-refractivity contribution is -0.0710. The van der Waals surface area contributed by atoms with Crippen molar-refractivity contribution >= 4 is 28.1 Å². The highest BCUT2D eigenvalue weighted by Crippen LogP contribution is 2.39. The van der Waals surface area contributed by atoms with E-state index in [1.807, 2.05) is 66.3 Å². The molecule has 0 radical (unpaired) electrons. The molecule has 3 heterocycles. The first-order valence-corrected chi connectivity index (χ1v) is 18.0. The molecule has 1 aliphatic rings. The molecule has 13 heteroatoms. The number of nitrogens with zero attached hydrogens (tertiary/aromatic N) is 5. The Morgan fingerprint density at radius 2 is 1.76 bits per heavy atom. The number of aromatic nitrogens is 3. The molecule has 0 bridgehead atoms. The van der Waals surface area contributed by atoms with Gasteiger partial charge in [0.15, 0.2) is 5.58 Å². The normalized spacial score (nSPS) is 15.9. The maximum atomic E-state index is 13.6. The van der Waals surface area contributed by atoms with Gasteiger partial charge in [-0.25, -0.2) is 14.5 Å². The summed E-state index contributed by atoms with van der Waals surface area (Å²) in [5.41, 5.74) is 6.72. The fourth-order valence-corrected chi connectivity index (χ4v) is 7.16. The minimum absolute atomic E-state index is 0.0589. The summed E-state index contributed by atoms with van der Waals surface area (Å²) < 4.78 is 31.0. The van der Waals surface area contributed by atoms with E-state index in [-0.39, 0.29) is 19.8 Å². The predicted octanol–water partition coefficient (Wildman–Crippen LogP) is 7.08. The highest BCUT2D eigenvalue weighted by molar-refractivity contribution is 5.97. The molecule has 7 rings (SSSR count). The van der Waals surface area contributed by atoms with Crippen LogP contribution >= 0.6 is 0 Å². The third kappa shape index (κ3) is 7.19. The number of rotatable bonds is 9. The van der Waals surface area contributed by atoms with Gasteiger partial charge in [-0.1, -0.05) is 24.3 Å². The van der Waals surface area contributed by atoms with Gasteiger partial charge in [0.25, 0.3) is 0 Å². The Bertz CT molecular complexity index is 2410. The number of hydrogen-bond acceptors (Lipinski definition) is 11. The molecule has 1 amide bonds. The van der Waals surface area contributed by atoms with Crippen molar-refractivity contribution in [3.63, 3.8) is 0 Å². The lowest BCUT2D eigenvalue weighted by Crippen LogP contribution is -2.52. The molecule has 1 fully saturated rings. The Morgan fingerprint density at radius 3 is 2.44 bits per heavy atom. The van der Waals surface area contributed by atoms with Crippen LogP contribution in [0, 0.1) is 18.3 Å². The summed E-state index contributed by atoms with van der Waals surface area (Å²) in [4.78, 5) is 19.8. The topological polar surface area (TPSA) is 165 Å². The van der Waals surface area contributed by atoms with Gasteiger partial charge in [-0.15, -0.1) is 0 Å². The number of nitriles is 1. The molecule has 2 atom stereocenters. The predicted molar refractivity (Wildman–Crippen MR) is 205 cm³/mol. The van der Waals surface area contributed by atoms with E-state index in [0.717, 1.165) is 33.2 Å². The van der Waals surface area contributed by atoms with Crippen molar-refractivity contribution in [1.82, 2.24) is 19.7 Å². The number of carbonyl (C=O) groups is 1. The van der Waals surface area contributed by atoms with Crippen molar-refractivity contribution in [3.8, 4) is 45.8 Å². The fraction of sp³-hybridized carbons (Fsp3) is 0.333. The third-order valence-electron chi connectivity index (χ3n) is 9.81. The van der Waals surface area contributed by atoms with Gasteiger partial charge < -0.3 is 33.6 Å². The van der Waals surface area contributed by atoms with E-state index >= 15 is 0 Å². The largest absolute Gasteiger partial charge is 0.496 e. The van der Waals surface area contributed by atoms with Crippen LogP contribution in [0.15, 0.2) is 71.3 Å². The average Bonchev–Trinajstić information content (AvgIpc) is 3.81. The van der Waals surface area contributed by atoms with Crippen molar-refractivity contribution in [1.29, 1.82) is 5.26 Å². The molecule has 1 aliphatic heterocycles. The molecular weight excluding hydrogens is 702 g/mol. The summed E-state index contributed by atoms with van der Waals surface area (Å²) >= 11 is 0. The number of aliphatic hydroxyl groups is 2. The number of carbonyl (C=O) groups excluding carboxylic acids is 1. The van der Waals surface area contributed by atoms with Gasteiger partial charge in [-0.05, 0) is 80.6 Å². The highest BCUT2D eigenvalue weighted by atomic mass is 16.6. The molecule has 284 valence electrons. The summed E-state index contributed by atoms with van der Waals surface area (Å²) in [7, 11) is 3.11. The van der Waals surface area contributed by atoms with E-state index in [2.05, 4.69) is 6.07 Å². The second kappa shape index (κ2) is 15.1. The Hall–Kier alpha value is -5.94. The van der Waals surface area contributed by atoms with Crippen LogP contribution in [-0.2, 0) is 22.6 Å². The second-order valence-electron chi connectivity index (χ2n) is 14.5. The summed E-state index contributed by atoms with van der Waals surface area (Å²) in [5, 5.41) is 36.0. The van der Waals surface area contributed by atoms with Gasteiger partial charge >= 0.3 is 6.09 Å². The van der Waals surface area contributed by atoms with Crippen molar-refractivity contribution in [2.45, 2.75) is 65.0 Å². The second-order valence-corrected chi connectivity index (χ2v) is 14.5. The smallest absolute Gasteiger partial charge is 0.410 e. The number of fused-ring (bicyclic) bond motifs is 2. The Morgan fingerprint density at radius 1 is 1.05 bits per heavy atom. The number of aliphatic hydroxyl groups excluding tert-OH is 2. The standard InChI is InChI=1S/C42H43N5O8/c1-24-28(9-7-10-29(24)40-45-33-16-25(22-48)15-26(19-43)39(33)54-40)30-11-8-12-34-31(30)20-44-47(34)27-17-37(51-5)32(38(18-27)52-6)21-46(41(50)55-42(2,3)4)35-13-14-53-23-36(35)49/h7-12,15-18,20,35-36,48-49H,13-14,21-23H2,1-6H3/t35-,36+/m1/s1. The summed E-state index contributed by atoms with van der Waals surface area (Å²) in [6.45, 7) is 7.77. The van der Waals surface area contributed by atoms with Gasteiger partial charge in [0.1, 0.15) is 28.7 Å². The zero-order chi connectivity index (χ0) is 39.0. The van der Waals surface area contributed by atoms with Crippen LogP contribution in [-0.4, -0.2) is 81.2 Å². The molecule has 1 saturated heterocycles. The number of hydrogen-bond donors (Lipinski definition) is 2. The van der Waals surface area contributed by atoms with E-state index in [0.29, 0.717) is 63.9 Å². The molecule has 13 nitrogen and oxygen atoms in total. The van der Waals surface area contributed by atoms with E-state index < -0.39 is 23.8 Å². The van der Waals surface area contributed by atoms with Gasteiger partial charge in [-0.3, -0.25) is 4.90 Å². The number of ether oxygens (including phenoxy) is 4. The molecule has 0 spiro atoms. The molecule has 2 N–H and O–H groups in total.